The maximum Gasteiger partial charge on any atom is 0.264 e. The number of hydrogen-bond donors (Lipinski definition) is 1. The number of halogens is 1. The van der Waals surface area contributed by atoms with Crippen LogP contribution in [0, 0.1) is 0 Å². The number of anilines is 1. The van der Waals surface area contributed by atoms with Crippen molar-refractivity contribution in [1.29, 1.82) is 0 Å². The molecule has 0 spiro atoms. The first-order valence-corrected chi connectivity index (χ1v) is 11.5. The quantitative estimate of drug-likeness (QED) is 0.365. The maximum atomic E-state index is 13.4. The fraction of sp³-hybridized carbons (Fsp3) is 0.120. The number of ketones is 1. The summed E-state index contributed by atoms with van der Waals surface area (Å²) in [6.45, 7) is 0.359. The van der Waals surface area contributed by atoms with Crippen LogP contribution < -0.4 is 4.90 Å². The van der Waals surface area contributed by atoms with Gasteiger partial charge >= 0.3 is 0 Å². The van der Waals surface area contributed by atoms with Gasteiger partial charge in [-0.15, -0.1) is 11.3 Å². The van der Waals surface area contributed by atoms with Crippen LogP contribution >= 0.6 is 27.3 Å². The Bertz CT molecular complexity index is 1320. The highest BCUT2D eigenvalue weighted by molar-refractivity contribution is 9.10. The van der Waals surface area contributed by atoms with E-state index in [0.29, 0.717) is 23.4 Å². The molecular weight excluding hydrogens is 474 g/mol. The summed E-state index contributed by atoms with van der Waals surface area (Å²) in [5.41, 5.74) is -0.333. The Morgan fingerprint density at radius 2 is 1.81 bits per heavy atom. The number of nitrogens with zero attached hydrogens (tertiary/aromatic N) is 1. The Balaban J connectivity index is 1.51. The Morgan fingerprint density at radius 1 is 1.00 bits per heavy atom. The highest BCUT2D eigenvalue weighted by Gasteiger charge is 2.51. The summed E-state index contributed by atoms with van der Waals surface area (Å²) in [5, 5.41) is 15.5. The second-order valence-corrected chi connectivity index (χ2v) is 9.60. The Labute approximate surface area is 191 Å². The zero-order chi connectivity index (χ0) is 21.6. The van der Waals surface area contributed by atoms with Crippen LogP contribution in [0.3, 0.4) is 0 Å². The number of carbonyl (C=O) groups is 2. The van der Waals surface area contributed by atoms with Crippen LogP contribution in [0.15, 0.2) is 82.6 Å². The molecule has 6 heteroatoms. The fourth-order valence-electron chi connectivity index (χ4n) is 4.11. The summed E-state index contributed by atoms with van der Waals surface area (Å²) >= 11 is 4.98. The second kappa shape index (κ2) is 7.71. The van der Waals surface area contributed by atoms with Crippen LogP contribution in [-0.4, -0.2) is 16.8 Å². The van der Waals surface area contributed by atoms with E-state index in [1.807, 2.05) is 66.0 Å². The van der Waals surface area contributed by atoms with Gasteiger partial charge in [0.05, 0.1) is 18.7 Å². The van der Waals surface area contributed by atoms with Crippen LogP contribution in [0.2, 0.25) is 0 Å². The van der Waals surface area contributed by atoms with Crippen molar-refractivity contribution >= 4 is 55.4 Å². The average Bonchev–Trinajstić information content (AvgIpc) is 3.35. The summed E-state index contributed by atoms with van der Waals surface area (Å²) in [7, 11) is 0. The lowest BCUT2D eigenvalue weighted by atomic mass is 9.87. The van der Waals surface area contributed by atoms with Crippen molar-refractivity contribution in [1.82, 2.24) is 0 Å². The number of fused-ring (bicyclic) bond motifs is 2. The van der Waals surface area contributed by atoms with Gasteiger partial charge in [-0.1, -0.05) is 58.4 Å². The van der Waals surface area contributed by atoms with Gasteiger partial charge in [-0.25, -0.2) is 0 Å². The highest BCUT2D eigenvalue weighted by Crippen LogP contribution is 2.45. The number of Topliss-reactive ketones (excluding diaryl/α,β-unsaturated/α-hetero) is 1. The first-order valence-electron chi connectivity index (χ1n) is 9.84. The molecule has 3 aromatic carbocycles. The summed E-state index contributed by atoms with van der Waals surface area (Å²) in [6.07, 6.45) is -0.311. The molecule has 1 atom stereocenters. The van der Waals surface area contributed by atoms with Gasteiger partial charge in [-0.2, -0.15) is 0 Å². The fourth-order valence-corrected chi connectivity index (χ4v) is 5.16. The van der Waals surface area contributed by atoms with Crippen LogP contribution in [0.1, 0.15) is 27.2 Å². The van der Waals surface area contributed by atoms with Crippen molar-refractivity contribution in [2.75, 3.05) is 4.90 Å². The molecule has 154 valence electrons. The molecule has 0 aliphatic carbocycles. The third-order valence-electron chi connectivity index (χ3n) is 5.68. The molecule has 0 saturated heterocycles. The zero-order valence-electron chi connectivity index (χ0n) is 16.4. The third-order valence-corrected chi connectivity index (χ3v) is 7.03. The zero-order valence-corrected chi connectivity index (χ0v) is 18.8. The average molecular weight is 492 g/mol. The van der Waals surface area contributed by atoms with E-state index in [2.05, 4.69) is 15.9 Å². The van der Waals surface area contributed by atoms with Gasteiger partial charge in [-0.05, 0) is 46.5 Å². The van der Waals surface area contributed by atoms with Gasteiger partial charge in [-0.3, -0.25) is 9.59 Å². The largest absolute Gasteiger partial charge is 0.375 e. The van der Waals surface area contributed by atoms with Crippen molar-refractivity contribution in [3.05, 3.63) is 98.7 Å². The van der Waals surface area contributed by atoms with E-state index in [4.69, 9.17) is 0 Å². The van der Waals surface area contributed by atoms with Crippen LogP contribution in [0.4, 0.5) is 5.69 Å². The molecule has 0 radical (unpaired) electrons. The SMILES string of the molecule is O=C(CC1(O)C(=O)N(Cc2cccs2)c2ccc(Br)cc21)c1ccc2ccccc2c1. The third kappa shape index (κ3) is 3.51. The van der Waals surface area contributed by atoms with E-state index in [1.165, 1.54) is 0 Å². The minimum absolute atomic E-state index is 0.273. The molecule has 0 bridgehead atoms. The smallest absolute Gasteiger partial charge is 0.264 e. The first kappa shape index (κ1) is 20.1. The Morgan fingerprint density at radius 3 is 2.58 bits per heavy atom. The summed E-state index contributed by atoms with van der Waals surface area (Å²) in [5.74, 6) is -0.742. The number of aliphatic hydroxyl groups is 1. The van der Waals surface area contributed by atoms with Crippen LogP contribution in [0.25, 0.3) is 10.8 Å². The van der Waals surface area contributed by atoms with Crippen molar-refractivity contribution in [3.63, 3.8) is 0 Å². The molecule has 4 aromatic rings. The Kier molecular flexibility index (Phi) is 5.01. The molecule has 1 amide bonds. The minimum Gasteiger partial charge on any atom is -0.375 e. The molecule has 5 rings (SSSR count). The van der Waals surface area contributed by atoms with E-state index in [-0.39, 0.29) is 12.2 Å². The monoisotopic (exact) mass is 491 g/mol. The molecule has 0 saturated carbocycles. The standard InChI is InChI=1S/C25H18BrNO3S/c26-19-9-10-22-21(13-19)25(30,24(29)27(22)15-20-6-3-11-31-20)14-23(28)18-8-7-16-4-1-2-5-17(16)12-18/h1-13,30H,14-15H2. The normalized spacial score (nSPS) is 17.9. The molecule has 1 aliphatic heterocycles. The molecule has 1 aliphatic rings. The van der Waals surface area contributed by atoms with E-state index in [1.54, 1.807) is 28.4 Å². The minimum atomic E-state index is -1.90. The number of rotatable bonds is 5. The molecule has 1 N–H and O–H groups in total. The topological polar surface area (TPSA) is 57.6 Å². The van der Waals surface area contributed by atoms with Gasteiger partial charge in [0.25, 0.3) is 5.91 Å². The number of hydrogen-bond acceptors (Lipinski definition) is 4. The second-order valence-electron chi connectivity index (χ2n) is 7.65. The molecule has 1 unspecified atom stereocenters. The van der Waals surface area contributed by atoms with Crippen molar-refractivity contribution in [3.8, 4) is 0 Å². The van der Waals surface area contributed by atoms with E-state index in [0.717, 1.165) is 20.1 Å². The lowest BCUT2D eigenvalue weighted by Crippen LogP contribution is -2.41. The number of carbonyl (C=O) groups excluding carboxylic acids is 2. The van der Waals surface area contributed by atoms with E-state index < -0.39 is 11.5 Å². The molecule has 1 aromatic heterocycles. The summed E-state index contributed by atoms with van der Waals surface area (Å²) < 4.78 is 0.744. The number of benzene rings is 3. The lowest BCUT2D eigenvalue weighted by molar-refractivity contribution is -0.136. The molecule has 31 heavy (non-hydrogen) atoms. The summed E-state index contributed by atoms with van der Waals surface area (Å²) in [6, 6.07) is 22.5. The number of amides is 1. The van der Waals surface area contributed by atoms with Crippen LogP contribution in [0.5, 0.6) is 0 Å². The van der Waals surface area contributed by atoms with Gasteiger partial charge in [0.2, 0.25) is 0 Å². The molecular formula is C25H18BrNO3S. The van der Waals surface area contributed by atoms with Gasteiger partial charge in [0.15, 0.2) is 11.4 Å². The van der Waals surface area contributed by atoms with E-state index in [9.17, 15) is 14.7 Å². The van der Waals surface area contributed by atoms with Crippen molar-refractivity contribution in [2.45, 2.75) is 18.6 Å². The Hall–Kier alpha value is -2.80. The molecule has 2 heterocycles. The lowest BCUT2D eigenvalue weighted by Gasteiger charge is -2.22. The van der Waals surface area contributed by atoms with E-state index >= 15 is 0 Å². The maximum absolute atomic E-state index is 13.4. The van der Waals surface area contributed by atoms with Crippen molar-refractivity contribution in [2.24, 2.45) is 0 Å². The van der Waals surface area contributed by atoms with Crippen LogP contribution in [-0.2, 0) is 16.9 Å². The molecule has 4 nitrogen and oxygen atoms in total. The number of thiophene rings is 1. The predicted molar refractivity (Wildman–Crippen MR) is 126 cm³/mol. The van der Waals surface area contributed by atoms with Crippen molar-refractivity contribution < 1.29 is 14.7 Å². The summed E-state index contributed by atoms with van der Waals surface area (Å²) in [4.78, 5) is 29.2. The highest BCUT2D eigenvalue weighted by atomic mass is 79.9. The van der Waals surface area contributed by atoms with Gasteiger partial charge in [0, 0.05) is 20.5 Å². The van der Waals surface area contributed by atoms with Gasteiger partial charge < -0.3 is 10.0 Å². The predicted octanol–water partition coefficient (Wildman–Crippen LogP) is 5.67. The molecule has 0 fully saturated rings. The first-order chi connectivity index (χ1) is 15.0. The van der Waals surface area contributed by atoms with Gasteiger partial charge in [0.1, 0.15) is 0 Å².